The predicted molar refractivity (Wildman–Crippen MR) is 176 cm³/mol. The van der Waals surface area contributed by atoms with Crippen LogP contribution in [0.2, 0.25) is 0 Å². The van der Waals surface area contributed by atoms with E-state index in [0.717, 1.165) is 55.4 Å². The molecular formula is C34H50N4O3S. The van der Waals surface area contributed by atoms with Gasteiger partial charge in [-0.3, -0.25) is 14.3 Å². The smallest absolute Gasteiger partial charge is 0.290 e. The Hall–Kier alpha value is -2.84. The van der Waals surface area contributed by atoms with Crippen LogP contribution in [0.1, 0.15) is 88.4 Å². The molecule has 0 radical (unpaired) electrons. The lowest BCUT2D eigenvalue weighted by Crippen LogP contribution is -2.35. The summed E-state index contributed by atoms with van der Waals surface area (Å²) in [5, 5.41) is 10.2. The maximum atomic E-state index is 13.0. The maximum Gasteiger partial charge on any atom is 0.290 e. The van der Waals surface area contributed by atoms with Gasteiger partial charge in [0.1, 0.15) is 5.82 Å². The van der Waals surface area contributed by atoms with Crippen LogP contribution in [0, 0.1) is 24.7 Å². The molecule has 2 fully saturated rings. The fraction of sp³-hybridized carbons (Fsp3) is 0.559. The molecule has 0 saturated heterocycles. The van der Waals surface area contributed by atoms with Crippen LogP contribution in [0.4, 0.5) is 0 Å². The van der Waals surface area contributed by atoms with Gasteiger partial charge in [-0.25, -0.2) is 4.98 Å². The Morgan fingerprint density at radius 1 is 1.10 bits per heavy atom. The molecule has 230 valence electrons. The van der Waals surface area contributed by atoms with Crippen molar-refractivity contribution in [3.05, 3.63) is 53.9 Å². The molecule has 2 aliphatic carbocycles. The fourth-order valence-corrected chi connectivity index (χ4v) is 6.60. The highest BCUT2D eigenvalue weighted by atomic mass is 32.1. The molecule has 42 heavy (non-hydrogen) atoms. The number of nitrogens with one attached hydrogen (secondary N) is 2. The Bertz CT molecular complexity index is 1260. The molecule has 1 heterocycles. The van der Waals surface area contributed by atoms with Crippen molar-refractivity contribution < 1.29 is 14.7 Å². The second-order valence-electron chi connectivity index (χ2n) is 11.8. The number of aromatic nitrogens is 2. The van der Waals surface area contributed by atoms with Crippen LogP contribution in [-0.4, -0.2) is 40.6 Å². The summed E-state index contributed by atoms with van der Waals surface area (Å²) < 4.78 is 4.58. The van der Waals surface area contributed by atoms with Gasteiger partial charge in [-0.15, -0.1) is 0 Å². The van der Waals surface area contributed by atoms with Crippen LogP contribution in [0.25, 0.3) is 22.2 Å². The van der Waals surface area contributed by atoms with Gasteiger partial charge in [0.25, 0.3) is 6.47 Å². The van der Waals surface area contributed by atoms with Crippen molar-refractivity contribution in [3.8, 4) is 11.1 Å². The lowest BCUT2D eigenvalue weighted by atomic mass is 9.73. The Morgan fingerprint density at radius 2 is 1.74 bits per heavy atom. The first-order valence-electron chi connectivity index (χ1n) is 15.6. The molecule has 1 aromatic heterocycles. The van der Waals surface area contributed by atoms with E-state index >= 15 is 0 Å². The molecule has 3 aromatic rings. The Balaban J connectivity index is 0.000000745. The second kappa shape index (κ2) is 17.3. The lowest BCUT2D eigenvalue weighted by molar-refractivity contribution is -0.126. The number of carbonyl (C=O) groups is 2. The highest BCUT2D eigenvalue weighted by molar-refractivity contribution is 7.78. The molecule has 2 saturated carbocycles. The third-order valence-electron chi connectivity index (χ3n) is 9.16. The molecule has 2 aromatic carbocycles. The van der Waals surface area contributed by atoms with E-state index in [-0.39, 0.29) is 12.4 Å². The topological polar surface area (TPSA) is 96.3 Å². The summed E-state index contributed by atoms with van der Waals surface area (Å²) in [5.41, 5.74) is 6.02. The zero-order valence-corrected chi connectivity index (χ0v) is 26.7. The van der Waals surface area contributed by atoms with Crippen LogP contribution < -0.4 is 10.0 Å². The van der Waals surface area contributed by atoms with Crippen molar-refractivity contribution in [2.24, 2.45) is 24.8 Å². The molecule has 0 bridgehead atoms. The van der Waals surface area contributed by atoms with E-state index < -0.39 is 0 Å². The van der Waals surface area contributed by atoms with Gasteiger partial charge >= 0.3 is 0 Å². The van der Waals surface area contributed by atoms with Crippen molar-refractivity contribution in [3.63, 3.8) is 0 Å². The quantitative estimate of drug-likeness (QED) is 0.154. The average molecular weight is 595 g/mol. The molecular weight excluding hydrogens is 544 g/mol. The summed E-state index contributed by atoms with van der Waals surface area (Å²) in [4.78, 5) is 26.1. The number of benzene rings is 2. The van der Waals surface area contributed by atoms with Crippen molar-refractivity contribution in [2.45, 2.75) is 84.0 Å². The van der Waals surface area contributed by atoms with Gasteiger partial charge in [-0.1, -0.05) is 88.6 Å². The summed E-state index contributed by atoms with van der Waals surface area (Å²) in [5.74, 6) is 3.69. The highest BCUT2D eigenvalue weighted by Crippen LogP contribution is 2.38. The number of hydrogen-bond donors (Lipinski definition) is 4. The third kappa shape index (κ3) is 9.08. The SMILES string of the molecule is CCCC(CCNC(=O)C1CCCC(c2ccc(-c3ccc4c(c3)nc(C)n4C)cc2)C1)C1CCC1.CNS.O=CO. The molecule has 0 aliphatic heterocycles. The van der Waals surface area contributed by atoms with E-state index in [1.165, 1.54) is 60.7 Å². The van der Waals surface area contributed by atoms with E-state index in [4.69, 9.17) is 14.9 Å². The second-order valence-corrected chi connectivity index (χ2v) is 12.2. The molecule has 2 aliphatic rings. The van der Waals surface area contributed by atoms with Gasteiger partial charge in [0.15, 0.2) is 0 Å². The average Bonchev–Trinajstić information content (AvgIpc) is 3.25. The first-order chi connectivity index (χ1) is 20.4. The number of amides is 1. The summed E-state index contributed by atoms with van der Waals surface area (Å²) in [6.45, 7) is 4.94. The molecule has 0 spiro atoms. The van der Waals surface area contributed by atoms with E-state index in [1.54, 1.807) is 7.05 Å². The summed E-state index contributed by atoms with van der Waals surface area (Å²) in [7, 11) is 3.80. The normalized spacial score (nSPS) is 19.0. The minimum Gasteiger partial charge on any atom is -0.483 e. The van der Waals surface area contributed by atoms with Crippen molar-refractivity contribution >= 4 is 36.2 Å². The first-order valence-corrected chi connectivity index (χ1v) is 16.0. The van der Waals surface area contributed by atoms with Crippen molar-refractivity contribution in [1.82, 2.24) is 19.6 Å². The zero-order chi connectivity index (χ0) is 30.5. The van der Waals surface area contributed by atoms with Gasteiger partial charge in [-0.2, -0.15) is 0 Å². The van der Waals surface area contributed by atoms with E-state index in [0.29, 0.717) is 11.8 Å². The molecule has 3 N–H and O–H groups in total. The number of hydrogen-bond acceptors (Lipinski definition) is 5. The summed E-state index contributed by atoms with van der Waals surface area (Å²) in [6.07, 6.45) is 12.3. The Morgan fingerprint density at radius 3 is 2.36 bits per heavy atom. The number of carboxylic acid groups (broad SMARTS) is 1. The minimum absolute atomic E-state index is 0.159. The molecule has 5 rings (SSSR count). The minimum atomic E-state index is -0.250. The van der Waals surface area contributed by atoms with Gasteiger partial charge in [0, 0.05) is 19.5 Å². The zero-order valence-electron chi connectivity index (χ0n) is 25.8. The molecule has 1 amide bonds. The monoisotopic (exact) mass is 594 g/mol. The number of rotatable bonds is 9. The van der Waals surface area contributed by atoms with E-state index in [9.17, 15) is 4.79 Å². The summed E-state index contributed by atoms with van der Waals surface area (Å²) >= 11 is 3.54. The molecule has 3 unspecified atom stereocenters. The lowest BCUT2D eigenvalue weighted by Gasteiger charge is -2.34. The van der Waals surface area contributed by atoms with Crippen LogP contribution >= 0.6 is 12.8 Å². The van der Waals surface area contributed by atoms with E-state index in [2.05, 4.69) is 83.9 Å². The van der Waals surface area contributed by atoms with Crippen molar-refractivity contribution in [2.75, 3.05) is 13.6 Å². The van der Waals surface area contributed by atoms with Crippen LogP contribution in [-0.2, 0) is 16.6 Å². The van der Waals surface area contributed by atoms with Gasteiger partial charge in [-0.05, 0) is 86.2 Å². The van der Waals surface area contributed by atoms with Gasteiger partial charge in [0.2, 0.25) is 5.91 Å². The molecule has 7 nitrogen and oxygen atoms in total. The Kier molecular flexibility index (Phi) is 13.9. The molecule has 3 atom stereocenters. The van der Waals surface area contributed by atoms with E-state index in [1.807, 2.05) is 6.92 Å². The number of imidazole rings is 1. The van der Waals surface area contributed by atoms with Gasteiger partial charge in [0.05, 0.1) is 11.0 Å². The predicted octanol–water partition coefficient (Wildman–Crippen LogP) is 7.30. The number of fused-ring (bicyclic) bond motifs is 1. The Labute approximate surface area is 257 Å². The molecule has 8 heteroatoms. The van der Waals surface area contributed by atoms with Crippen LogP contribution in [0.3, 0.4) is 0 Å². The number of thiol groups is 1. The summed E-state index contributed by atoms with van der Waals surface area (Å²) in [6, 6.07) is 15.6. The highest BCUT2D eigenvalue weighted by Gasteiger charge is 2.29. The maximum absolute atomic E-state index is 13.0. The largest absolute Gasteiger partial charge is 0.483 e. The number of aryl methyl sites for hydroxylation is 2. The fourth-order valence-electron chi connectivity index (χ4n) is 6.60. The number of nitrogens with zero attached hydrogens (tertiary/aromatic N) is 2. The number of carbonyl (C=O) groups excluding carboxylic acids is 1. The van der Waals surface area contributed by atoms with Gasteiger partial charge < -0.3 is 15.0 Å². The first kappa shape index (κ1) is 33.7. The van der Waals surface area contributed by atoms with Crippen LogP contribution in [0.5, 0.6) is 0 Å². The third-order valence-corrected chi connectivity index (χ3v) is 9.16. The van der Waals surface area contributed by atoms with Crippen molar-refractivity contribution in [1.29, 1.82) is 0 Å². The standard InChI is InChI=1S/C32H43N3O.CH5NS.CH2O2/c1-4-7-23(24-8-5-9-24)18-19-33-32(36)29-11-6-10-27(20-29)25-12-14-26(15-13-25)28-16-17-31-30(21-28)34-22(2)35(31)3;1-2-3;2-1-3/h12-17,21,23-24,27,29H,4-11,18-20H2,1-3H3,(H,33,36);2-3H,1H3;1H,(H,2,3). The van der Waals surface area contributed by atoms with Crippen LogP contribution in [0.15, 0.2) is 42.5 Å².